The Balaban J connectivity index is 1.98. The van der Waals surface area contributed by atoms with Gasteiger partial charge in [0.25, 0.3) is 0 Å². The summed E-state index contributed by atoms with van der Waals surface area (Å²) >= 11 is 0. The first kappa shape index (κ1) is 13.7. The molecule has 1 fully saturated rings. The molecule has 1 aliphatic carbocycles. The highest BCUT2D eigenvalue weighted by Crippen LogP contribution is 2.42. The maximum atomic E-state index is 11.1. The lowest BCUT2D eigenvalue weighted by Crippen LogP contribution is -2.18. The highest BCUT2D eigenvalue weighted by Gasteiger charge is 2.36. The van der Waals surface area contributed by atoms with Gasteiger partial charge in [-0.25, -0.2) is 4.68 Å². The minimum atomic E-state index is -0.812. The number of aliphatic carboxylic acids is 1. The number of tetrazole rings is 1. The van der Waals surface area contributed by atoms with Crippen LogP contribution in [0.2, 0.25) is 0 Å². The lowest BCUT2D eigenvalue weighted by molar-refractivity contribution is -0.138. The molecule has 1 aliphatic rings. The average molecular weight is 286 g/mol. The number of aromatic nitrogens is 4. The van der Waals surface area contributed by atoms with E-state index in [9.17, 15) is 4.79 Å². The van der Waals surface area contributed by atoms with Crippen LogP contribution in [0, 0.1) is 19.8 Å². The van der Waals surface area contributed by atoms with Crippen molar-refractivity contribution in [1.29, 1.82) is 0 Å². The molecular formula is C15H18N4O2. The van der Waals surface area contributed by atoms with Gasteiger partial charge in [-0.15, -0.1) is 5.10 Å². The average Bonchev–Trinajstić information content (AvgIpc) is 3.16. The minimum Gasteiger partial charge on any atom is -0.481 e. The van der Waals surface area contributed by atoms with Crippen molar-refractivity contribution in [2.75, 3.05) is 0 Å². The van der Waals surface area contributed by atoms with E-state index in [2.05, 4.69) is 22.4 Å². The number of benzene rings is 1. The number of rotatable bonds is 5. The number of hydrogen-bond acceptors (Lipinski definition) is 4. The molecule has 2 aromatic rings. The van der Waals surface area contributed by atoms with Gasteiger partial charge in [-0.3, -0.25) is 4.79 Å². The van der Waals surface area contributed by atoms with E-state index in [-0.39, 0.29) is 12.5 Å². The predicted octanol–water partition coefficient (Wildman–Crippen LogP) is 2.38. The zero-order chi connectivity index (χ0) is 15.0. The zero-order valence-electron chi connectivity index (χ0n) is 12.2. The maximum absolute atomic E-state index is 11.1. The van der Waals surface area contributed by atoms with E-state index >= 15 is 0 Å². The fourth-order valence-corrected chi connectivity index (χ4v) is 2.60. The van der Waals surface area contributed by atoms with E-state index in [1.54, 1.807) is 4.68 Å². The van der Waals surface area contributed by atoms with Crippen molar-refractivity contribution in [3.05, 3.63) is 29.3 Å². The third-order valence-corrected chi connectivity index (χ3v) is 4.12. The summed E-state index contributed by atoms with van der Waals surface area (Å²) in [5.41, 5.74) is 3.31. The maximum Gasteiger partial charge on any atom is 0.305 e. The summed E-state index contributed by atoms with van der Waals surface area (Å²) in [4.78, 5) is 11.1. The van der Waals surface area contributed by atoms with Crippen molar-refractivity contribution in [3.8, 4) is 11.4 Å². The molecule has 0 saturated heterocycles. The van der Waals surface area contributed by atoms with Crippen molar-refractivity contribution in [2.24, 2.45) is 5.92 Å². The van der Waals surface area contributed by atoms with Crippen LogP contribution in [0.15, 0.2) is 18.2 Å². The number of hydrogen-bond donors (Lipinski definition) is 1. The van der Waals surface area contributed by atoms with E-state index in [0.29, 0.717) is 11.7 Å². The van der Waals surface area contributed by atoms with E-state index in [0.717, 1.165) is 18.4 Å². The molecule has 6 heteroatoms. The van der Waals surface area contributed by atoms with Gasteiger partial charge in [-0.2, -0.15) is 0 Å². The Labute approximate surface area is 122 Å². The summed E-state index contributed by atoms with van der Waals surface area (Å²) in [6.45, 7) is 4.10. The zero-order valence-corrected chi connectivity index (χ0v) is 12.2. The van der Waals surface area contributed by atoms with Gasteiger partial charge in [-0.05, 0) is 60.2 Å². The highest BCUT2D eigenvalue weighted by molar-refractivity contribution is 5.67. The molecule has 1 N–H and O–H groups in total. The van der Waals surface area contributed by atoms with E-state index < -0.39 is 5.97 Å². The quantitative estimate of drug-likeness (QED) is 0.912. The second-order valence-electron chi connectivity index (χ2n) is 5.75. The number of carboxylic acids is 1. The fraction of sp³-hybridized carbons (Fsp3) is 0.467. The van der Waals surface area contributed by atoms with Crippen LogP contribution in [0.5, 0.6) is 0 Å². The highest BCUT2D eigenvalue weighted by atomic mass is 16.4. The first-order chi connectivity index (χ1) is 10.1. The molecule has 1 saturated carbocycles. The fourth-order valence-electron chi connectivity index (χ4n) is 2.60. The van der Waals surface area contributed by atoms with Crippen molar-refractivity contribution in [2.45, 2.75) is 39.2 Å². The van der Waals surface area contributed by atoms with Crippen LogP contribution >= 0.6 is 0 Å². The summed E-state index contributed by atoms with van der Waals surface area (Å²) < 4.78 is 1.69. The Hall–Kier alpha value is -2.24. The SMILES string of the molecule is Cc1ccc(-c2nnnn2C(CC(=O)O)C2CC2)cc1C. The van der Waals surface area contributed by atoms with Gasteiger partial charge < -0.3 is 5.11 Å². The molecule has 0 aliphatic heterocycles. The van der Waals surface area contributed by atoms with Gasteiger partial charge in [0.2, 0.25) is 0 Å². The third-order valence-electron chi connectivity index (χ3n) is 4.12. The molecule has 0 radical (unpaired) electrons. The van der Waals surface area contributed by atoms with Gasteiger partial charge in [0.15, 0.2) is 5.82 Å². The molecule has 1 unspecified atom stereocenters. The molecule has 1 atom stereocenters. The van der Waals surface area contributed by atoms with Gasteiger partial charge in [-0.1, -0.05) is 12.1 Å². The Morgan fingerprint density at radius 3 is 2.76 bits per heavy atom. The Morgan fingerprint density at radius 2 is 2.14 bits per heavy atom. The summed E-state index contributed by atoms with van der Waals surface area (Å²) in [7, 11) is 0. The number of nitrogens with zero attached hydrogens (tertiary/aromatic N) is 4. The molecule has 6 nitrogen and oxygen atoms in total. The summed E-state index contributed by atoms with van der Waals surface area (Å²) in [5.74, 6) is 0.208. The number of carbonyl (C=O) groups is 1. The van der Waals surface area contributed by atoms with Gasteiger partial charge in [0, 0.05) is 5.56 Å². The minimum absolute atomic E-state index is 0.0630. The Kier molecular flexibility index (Phi) is 3.45. The Morgan fingerprint density at radius 1 is 1.38 bits per heavy atom. The first-order valence-electron chi connectivity index (χ1n) is 7.13. The van der Waals surface area contributed by atoms with Gasteiger partial charge in [0.05, 0.1) is 12.5 Å². The van der Waals surface area contributed by atoms with Crippen molar-refractivity contribution in [1.82, 2.24) is 20.2 Å². The van der Waals surface area contributed by atoms with Gasteiger partial charge in [0.1, 0.15) is 0 Å². The number of aryl methyl sites for hydroxylation is 2. The molecule has 110 valence electrons. The largest absolute Gasteiger partial charge is 0.481 e. The molecule has 1 aromatic carbocycles. The topological polar surface area (TPSA) is 80.9 Å². The van der Waals surface area contributed by atoms with Crippen LogP contribution in [-0.2, 0) is 4.79 Å². The summed E-state index contributed by atoms with van der Waals surface area (Å²) in [6.07, 6.45) is 2.15. The van der Waals surface area contributed by atoms with Crippen LogP contribution in [0.4, 0.5) is 0 Å². The molecule has 1 heterocycles. The van der Waals surface area contributed by atoms with E-state index in [1.807, 2.05) is 25.1 Å². The standard InChI is InChI=1S/C15H18N4O2/c1-9-3-4-12(7-10(9)2)15-16-17-18-19(15)13(8-14(20)21)11-5-6-11/h3-4,7,11,13H,5-6,8H2,1-2H3,(H,20,21). The predicted molar refractivity (Wildman–Crippen MR) is 76.7 cm³/mol. The van der Waals surface area contributed by atoms with Crippen molar-refractivity contribution < 1.29 is 9.90 Å². The Bertz CT molecular complexity index is 676. The second-order valence-corrected chi connectivity index (χ2v) is 5.75. The number of carboxylic acid groups (broad SMARTS) is 1. The van der Waals surface area contributed by atoms with Crippen LogP contribution in [-0.4, -0.2) is 31.3 Å². The van der Waals surface area contributed by atoms with Crippen LogP contribution in [0.1, 0.15) is 36.4 Å². The molecule has 3 rings (SSSR count). The lowest BCUT2D eigenvalue weighted by atomic mass is 10.0. The summed E-state index contributed by atoms with van der Waals surface area (Å²) in [6, 6.07) is 5.90. The molecule has 0 spiro atoms. The van der Waals surface area contributed by atoms with Gasteiger partial charge >= 0.3 is 5.97 Å². The van der Waals surface area contributed by atoms with Crippen LogP contribution in [0.3, 0.4) is 0 Å². The second kappa shape index (κ2) is 5.27. The van der Waals surface area contributed by atoms with Crippen molar-refractivity contribution >= 4 is 5.97 Å². The molecule has 0 bridgehead atoms. The van der Waals surface area contributed by atoms with E-state index in [4.69, 9.17) is 5.11 Å². The lowest BCUT2D eigenvalue weighted by Gasteiger charge is -2.16. The monoisotopic (exact) mass is 286 g/mol. The molecule has 21 heavy (non-hydrogen) atoms. The normalized spacial score (nSPS) is 15.9. The smallest absolute Gasteiger partial charge is 0.305 e. The molecule has 0 amide bonds. The first-order valence-corrected chi connectivity index (χ1v) is 7.13. The third kappa shape index (κ3) is 2.79. The molecule has 1 aromatic heterocycles. The summed E-state index contributed by atoms with van der Waals surface area (Å²) in [5, 5.41) is 21.0. The van der Waals surface area contributed by atoms with E-state index in [1.165, 1.54) is 11.1 Å². The van der Waals surface area contributed by atoms with Crippen LogP contribution in [0.25, 0.3) is 11.4 Å². The van der Waals surface area contributed by atoms with Crippen LogP contribution < -0.4 is 0 Å². The molecular weight excluding hydrogens is 268 g/mol. The van der Waals surface area contributed by atoms with Crippen molar-refractivity contribution in [3.63, 3.8) is 0 Å².